The van der Waals surface area contributed by atoms with E-state index in [-0.39, 0.29) is 40.8 Å². The first kappa shape index (κ1) is 34.7. The Labute approximate surface area is 290 Å². The minimum atomic E-state index is -4.41. The van der Waals surface area contributed by atoms with Crippen molar-refractivity contribution in [1.29, 1.82) is 0 Å². The summed E-state index contributed by atoms with van der Waals surface area (Å²) in [7, 11) is -3.00. The van der Waals surface area contributed by atoms with Gasteiger partial charge in [-0.3, -0.25) is 13.9 Å². The molecule has 0 bridgehead atoms. The fraction of sp³-hybridized carbons (Fsp3) is 0.484. The van der Waals surface area contributed by atoms with Crippen molar-refractivity contribution in [1.82, 2.24) is 24.6 Å². The summed E-state index contributed by atoms with van der Waals surface area (Å²) in [4.78, 5) is 26.1. The molecule has 1 aliphatic carbocycles. The van der Waals surface area contributed by atoms with Gasteiger partial charge in [0.05, 0.1) is 13.7 Å². The lowest BCUT2D eigenvalue weighted by Crippen LogP contribution is -2.45. The number of esters is 1. The number of imidazole rings is 1. The van der Waals surface area contributed by atoms with Gasteiger partial charge < -0.3 is 34.7 Å². The van der Waals surface area contributed by atoms with Crippen molar-refractivity contribution in [3.05, 3.63) is 46.3 Å². The second-order valence-corrected chi connectivity index (χ2v) is 15.1. The summed E-state index contributed by atoms with van der Waals surface area (Å²) in [5.74, 6) is -0.642. The summed E-state index contributed by atoms with van der Waals surface area (Å²) < 4.78 is 45.7. The van der Waals surface area contributed by atoms with Crippen molar-refractivity contribution < 1.29 is 42.8 Å². The maximum atomic E-state index is 14.7. The second kappa shape index (κ2) is 13.7. The first-order chi connectivity index (χ1) is 22.8. The standard InChI is InChI=1S/C31H38IN6O9P/c1-16(2)22(27(40)45-18-11-8-12-18)37-48(42,47-20-14-7-10-17-9-5-6-13-19(17)20)44-15-21-24(39)31(3,41)28(46-21)38-25-23(34-29(38)32)26(43-4)36-30(33)35-25/h5-7,9-10,13-14,16,18,21-22,24,28,39,41H,8,11-12,15H2,1-4H3,(H,37,42)(H2,33,35,36)/t21-,22?,24-,28-,31-,48?/m1/s1. The molecule has 2 aromatic heterocycles. The van der Waals surface area contributed by atoms with Gasteiger partial charge in [-0.1, -0.05) is 50.2 Å². The van der Waals surface area contributed by atoms with Crippen molar-refractivity contribution in [2.75, 3.05) is 19.5 Å². The largest absolute Gasteiger partial charge is 0.479 e. The van der Waals surface area contributed by atoms with Crippen molar-refractivity contribution in [2.24, 2.45) is 5.92 Å². The summed E-state index contributed by atoms with van der Waals surface area (Å²) in [6.45, 7) is 4.46. The molecule has 2 unspecified atom stereocenters. The van der Waals surface area contributed by atoms with E-state index in [1.807, 2.05) is 52.9 Å². The molecule has 15 nitrogen and oxygen atoms in total. The first-order valence-electron chi connectivity index (χ1n) is 15.5. The Balaban J connectivity index is 1.30. The normalized spacial score (nSPS) is 24.8. The van der Waals surface area contributed by atoms with Gasteiger partial charge in [0.2, 0.25) is 11.8 Å². The number of nitrogen functional groups attached to an aromatic ring is 1. The van der Waals surface area contributed by atoms with Crippen LogP contribution >= 0.6 is 30.3 Å². The number of halogens is 1. The van der Waals surface area contributed by atoms with Gasteiger partial charge in [-0.25, -0.2) is 9.55 Å². The minimum absolute atomic E-state index is 0.0943. The van der Waals surface area contributed by atoms with E-state index in [0.29, 0.717) is 9.22 Å². The second-order valence-electron chi connectivity index (χ2n) is 12.4. The van der Waals surface area contributed by atoms with Crippen LogP contribution < -0.4 is 20.1 Å². The van der Waals surface area contributed by atoms with Gasteiger partial charge >= 0.3 is 13.7 Å². The Morgan fingerprint density at radius 2 is 1.94 bits per heavy atom. The van der Waals surface area contributed by atoms with E-state index in [0.717, 1.165) is 24.6 Å². The van der Waals surface area contributed by atoms with Gasteiger partial charge in [-0.05, 0) is 43.6 Å². The van der Waals surface area contributed by atoms with Crippen molar-refractivity contribution in [3.8, 4) is 11.6 Å². The number of rotatable bonds is 12. The lowest BCUT2D eigenvalue weighted by Gasteiger charge is -2.31. The number of aliphatic hydroxyl groups excluding tert-OH is 1. The van der Waals surface area contributed by atoms with Crippen LogP contribution in [0.5, 0.6) is 11.6 Å². The number of hydrogen-bond donors (Lipinski definition) is 4. The monoisotopic (exact) mass is 796 g/mol. The summed E-state index contributed by atoms with van der Waals surface area (Å²) in [5.41, 5.74) is 4.48. The zero-order valence-corrected chi connectivity index (χ0v) is 29.8. The molecular formula is C31H38IN6O9P. The maximum Gasteiger partial charge on any atom is 0.459 e. The van der Waals surface area contributed by atoms with E-state index < -0.39 is 50.4 Å². The van der Waals surface area contributed by atoms with Crippen LogP contribution in [0.3, 0.4) is 0 Å². The number of fused-ring (bicyclic) bond motifs is 2. The molecule has 1 saturated carbocycles. The lowest BCUT2D eigenvalue weighted by molar-refractivity contribution is -0.156. The van der Waals surface area contributed by atoms with E-state index in [1.54, 1.807) is 26.0 Å². The Bertz CT molecular complexity index is 1860. The molecule has 6 atom stereocenters. The third-order valence-electron chi connectivity index (χ3n) is 8.59. The molecule has 0 radical (unpaired) electrons. The Hall–Kier alpha value is -3.12. The number of carbonyl (C=O) groups is 1. The molecule has 3 heterocycles. The third kappa shape index (κ3) is 6.71. The number of carbonyl (C=O) groups excluding carboxylic acids is 1. The smallest absolute Gasteiger partial charge is 0.459 e. The quantitative estimate of drug-likeness (QED) is 0.0691. The molecule has 0 spiro atoms. The van der Waals surface area contributed by atoms with Gasteiger partial charge in [-0.2, -0.15) is 15.1 Å². The average molecular weight is 797 g/mol. The summed E-state index contributed by atoms with van der Waals surface area (Å²) in [6.07, 6.45) is -1.66. The van der Waals surface area contributed by atoms with Crippen LogP contribution in [0, 0.1) is 9.75 Å². The first-order valence-corrected chi connectivity index (χ1v) is 18.1. The van der Waals surface area contributed by atoms with Crippen LogP contribution in [0.15, 0.2) is 42.5 Å². The molecule has 258 valence electrons. The van der Waals surface area contributed by atoms with Crippen LogP contribution in [0.2, 0.25) is 0 Å². The average Bonchev–Trinajstić information content (AvgIpc) is 3.46. The lowest BCUT2D eigenvalue weighted by atomic mass is 9.96. The number of benzene rings is 2. The molecule has 6 rings (SSSR count). The topological polar surface area (TPSA) is 202 Å². The van der Waals surface area contributed by atoms with Gasteiger partial charge in [0.15, 0.2) is 21.2 Å². The van der Waals surface area contributed by atoms with E-state index in [2.05, 4.69) is 20.0 Å². The number of nitrogens with zero attached hydrogens (tertiary/aromatic N) is 4. The SMILES string of the molecule is COc1nc(N)nc2c1nc(I)n2[C@@H]1O[C@H](COP(=O)(NC(C(=O)OC2CCC2)C(C)C)Oc2cccc3ccccc23)[C@@H](O)[C@@]1(C)O. The molecule has 1 saturated heterocycles. The van der Waals surface area contributed by atoms with Gasteiger partial charge in [0, 0.05) is 28.0 Å². The molecular weight excluding hydrogens is 758 g/mol. The van der Waals surface area contributed by atoms with E-state index in [1.165, 1.54) is 18.6 Å². The molecule has 1 aliphatic heterocycles. The predicted octanol–water partition coefficient (Wildman–Crippen LogP) is 4.10. The Morgan fingerprint density at radius 1 is 1.21 bits per heavy atom. The van der Waals surface area contributed by atoms with Gasteiger partial charge in [-0.15, -0.1) is 0 Å². The summed E-state index contributed by atoms with van der Waals surface area (Å²) >= 11 is 1.94. The summed E-state index contributed by atoms with van der Waals surface area (Å²) in [6, 6.07) is 11.6. The molecule has 2 aromatic carbocycles. The Kier molecular flexibility index (Phi) is 9.88. The fourth-order valence-electron chi connectivity index (χ4n) is 5.68. The molecule has 4 aromatic rings. The molecule has 0 amide bonds. The van der Waals surface area contributed by atoms with Crippen LogP contribution in [0.4, 0.5) is 5.95 Å². The number of aromatic nitrogens is 4. The highest BCUT2D eigenvalue weighted by molar-refractivity contribution is 14.1. The van der Waals surface area contributed by atoms with Crippen molar-refractivity contribution in [2.45, 2.75) is 76.2 Å². The zero-order valence-electron chi connectivity index (χ0n) is 26.8. The molecule has 17 heteroatoms. The van der Waals surface area contributed by atoms with Crippen LogP contribution in [-0.4, -0.2) is 79.4 Å². The number of methoxy groups -OCH3 is 1. The summed E-state index contributed by atoms with van der Waals surface area (Å²) in [5, 5.41) is 27.2. The fourth-order valence-corrected chi connectivity index (χ4v) is 8.09. The zero-order chi connectivity index (χ0) is 34.4. The van der Waals surface area contributed by atoms with Crippen LogP contribution in [0.1, 0.15) is 46.3 Å². The highest BCUT2D eigenvalue weighted by Gasteiger charge is 2.55. The number of nitrogens with two attached hydrogens (primary N) is 1. The molecule has 48 heavy (non-hydrogen) atoms. The highest BCUT2D eigenvalue weighted by Crippen LogP contribution is 2.49. The predicted molar refractivity (Wildman–Crippen MR) is 183 cm³/mol. The van der Waals surface area contributed by atoms with E-state index >= 15 is 0 Å². The molecule has 5 N–H and O–H groups in total. The minimum Gasteiger partial charge on any atom is -0.479 e. The van der Waals surface area contributed by atoms with E-state index in [4.69, 9.17) is 29.0 Å². The number of ether oxygens (including phenoxy) is 3. The number of anilines is 1. The third-order valence-corrected chi connectivity index (χ3v) is 10.9. The van der Waals surface area contributed by atoms with Gasteiger partial charge in [0.1, 0.15) is 35.7 Å². The van der Waals surface area contributed by atoms with Crippen molar-refractivity contribution >= 4 is 64.2 Å². The van der Waals surface area contributed by atoms with Crippen molar-refractivity contribution in [3.63, 3.8) is 0 Å². The molecule has 2 fully saturated rings. The van der Waals surface area contributed by atoms with Crippen LogP contribution in [-0.2, 0) is 23.4 Å². The Morgan fingerprint density at radius 3 is 2.62 bits per heavy atom. The number of aliphatic hydroxyl groups is 2. The molecule has 2 aliphatic rings. The highest BCUT2D eigenvalue weighted by atomic mass is 127. The van der Waals surface area contributed by atoms with Gasteiger partial charge in [0.25, 0.3) is 0 Å². The number of hydrogen-bond acceptors (Lipinski definition) is 13. The van der Waals surface area contributed by atoms with E-state index in [9.17, 15) is 19.6 Å². The number of nitrogens with one attached hydrogen (secondary N) is 1. The maximum absolute atomic E-state index is 14.7. The van der Waals surface area contributed by atoms with Crippen LogP contribution in [0.25, 0.3) is 21.9 Å².